The van der Waals surface area contributed by atoms with Crippen molar-refractivity contribution >= 4 is 21.8 Å². The molecule has 1 amide bonds. The van der Waals surface area contributed by atoms with Crippen LogP contribution in [0.4, 0.5) is 0 Å². The Kier molecular flexibility index (Phi) is 3.41. The lowest BCUT2D eigenvalue weighted by atomic mass is 10.3. The first-order valence-electron chi connectivity index (χ1n) is 3.91. The molecule has 72 valence electrons. The lowest BCUT2D eigenvalue weighted by molar-refractivity contribution is -0.120. The van der Waals surface area contributed by atoms with Gasteiger partial charge in [0.1, 0.15) is 12.2 Å². The van der Waals surface area contributed by atoms with Gasteiger partial charge in [0.2, 0.25) is 5.91 Å². The molecule has 1 heterocycles. The molecule has 13 heavy (non-hydrogen) atoms. The minimum absolute atomic E-state index is 0.0658. The van der Waals surface area contributed by atoms with Gasteiger partial charge in [-0.25, -0.2) is 4.98 Å². The van der Waals surface area contributed by atoms with Crippen molar-refractivity contribution in [3.05, 3.63) is 12.2 Å². The average Bonchev–Trinajstić information content (AvgIpc) is 2.55. The summed E-state index contributed by atoms with van der Waals surface area (Å²) in [5.74, 6) is 0.588. The van der Waals surface area contributed by atoms with Crippen molar-refractivity contribution in [1.82, 2.24) is 20.5 Å². The molecule has 2 N–H and O–H groups in total. The van der Waals surface area contributed by atoms with E-state index in [9.17, 15) is 4.79 Å². The second-order valence-corrected chi connectivity index (χ2v) is 4.09. The first kappa shape index (κ1) is 10.2. The second-order valence-electron chi connectivity index (χ2n) is 2.72. The third kappa shape index (κ3) is 2.80. The summed E-state index contributed by atoms with van der Waals surface area (Å²) in [4.78, 5) is 15.0. The molecule has 1 aromatic rings. The normalized spacial score (nSPS) is 15.0. The molecule has 0 aromatic carbocycles. The molecule has 0 saturated heterocycles. The van der Waals surface area contributed by atoms with Crippen molar-refractivity contribution < 1.29 is 4.79 Å². The highest BCUT2D eigenvalue weighted by Crippen LogP contribution is 2.06. The molecule has 5 nitrogen and oxygen atoms in total. The number of nitrogens with one attached hydrogen (secondary N) is 2. The highest BCUT2D eigenvalue weighted by molar-refractivity contribution is 9.10. The van der Waals surface area contributed by atoms with Gasteiger partial charge >= 0.3 is 0 Å². The van der Waals surface area contributed by atoms with Crippen LogP contribution in [0.25, 0.3) is 0 Å². The molecule has 0 aliphatic rings. The number of carbonyl (C=O) groups excluding carboxylic acids is 1. The number of amides is 1. The molecule has 0 bridgehead atoms. The summed E-state index contributed by atoms with van der Waals surface area (Å²) in [6, 6.07) is -0.144. The molecule has 0 saturated carbocycles. The Balaban J connectivity index is 2.51. The zero-order chi connectivity index (χ0) is 9.84. The van der Waals surface area contributed by atoms with Crippen molar-refractivity contribution in [1.29, 1.82) is 0 Å². The number of H-pyrrole nitrogens is 1. The molecule has 0 aliphatic carbocycles. The van der Waals surface area contributed by atoms with Crippen LogP contribution in [-0.4, -0.2) is 25.9 Å². The number of rotatable bonds is 3. The first-order valence-corrected chi connectivity index (χ1v) is 4.82. The molecule has 0 radical (unpaired) electrons. The topological polar surface area (TPSA) is 70.7 Å². The summed E-state index contributed by atoms with van der Waals surface area (Å²) in [6.45, 7) is 3.61. The van der Waals surface area contributed by atoms with Gasteiger partial charge in [-0.1, -0.05) is 15.9 Å². The van der Waals surface area contributed by atoms with Gasteiger partial charge in [0, 0.05) is 0 Å². The number of nitrogens with zero attached hydrogens (tertiary/aromatic N) is 2. The highest BCUT2D eigenvalue weighted by Gasteiger charge is 2.14. The molecule has 1 aromatic heterocycles. The molecule has 0 aliphatic heterocycles. The van der Waals surface area contributed by atoms with Crippen LogP contribution in [-0.2, 0) is 4.79 Å². The van der Waals surface area contributed by atoms with E-state index in [0.29, 0.717) is 5.82 Å². The maximum Gasteiger partial charge on any atom is 0.234 e. The van der Waals surface area contributed by atoms with Crippen LogP contribution in [0.15, 0.2) is 6.33 Å². The Morgan fingerprint density at radius 1 is 1.69 bits per heavy atom. The summed E-state index contributed by atoms with van der Waals surface area (Å²) < 4.78 is 0. The van der Waals surface area contributed by atoms with Crippen molar-refractivity contribution in [2.24, 2.45) is 0 Å². The summed E-state index contributed by atoms with van der Waals surface area (Å²) >= 11 is 3.17. The highest BCUT2D eigenvalue weighted by atomic mass is 79.9. The van der Waals surface area contributed by atoms with Crippen molar-refractivity contribution in [3.8, 4) is 0 Å². The maximum absolute atomic E-state index is 11.2. The van der Waals surface area contributed by atoms with Gasteiger partial charge < -0.3 is 5.32 Å². The summed E-state index contributed by atoms with van der Waals surface area (Å²) in [6.07, 6.45) is 1.41. The smallest absolute Gasteiger partial charge is 0.234 e. The van der Waals surface area contributed by atoms with Gasteiger partial charge in [0.05, 0.1) is 10.9 Å². The van der Waals surface area contributed by atoms with Crippen LogP contribution in [0.2, 0.25) is 0 Å². The first-order chi connectivity index (χ1) is 6.11. The van der Waals surface area contributed by atoms with Gasteiger partial charge in [0.15, 0.2) is 0 Å². The van der Waals surface area contributed by atoms with E-state index in [-0.39, 0.29) is 16.8 Å². The third-order valence-corrected chi connectivity index (χ3v) is 1.98. The molecular weight excluding hydrogens is 236 g/mol. The molecule has 1 rings (SSSR count). The van der Waals surface area contributed by atoms with E-state index in [1.807, 2.05) is 6.92 Å². The Hall–Kier alpha value is -0.910. The van der Waals surface area contributed by atoms with E-state index in [2.05, 4.69) is 36.4 Å². The van der Waals surface area contributed by atoms with E-state index < -0.39 is 0 Å². The standard InChI is InChI=1S/C7H11BrN4O/c1-4(8)7(13)11-5(2)6-9-3-10-12-6/h3-5H,1-2H3,(H,11,13)(H,9,10,12). The minimum atomic E-state index is -0.196. The van der Waals surface area contributed by atoms with Crippen LogP contribution in [0, 0.1) is 0 Å². The zero-order valence-corrected chi connectivity index (χ0v) is 9.00. The van der Waals surface area contributed by atoms with E-state index in [1.54, 1.807) is 6.92 Å². The zero-order valence-electron chi connectivity index (χ0n) is 7.41. The number of carbonyl (C=O) groups is 1. The number of hydrogen-bond donors (Lipinski definition) is 2. The predicted octanol–water partition coefficient (Wildman–Crippen LogP) is 0.765. The quantitative estimate of drug-likeness (QED) is 0.775. The van der Waals surface area contributed by atoms with Gasteiger partial charge in [-0.05, 0) is 13.8 Å². The van der Waals surface area contributed by atoms with Crippen LogP contribution in [0.1, 0.15) is 25.7 Å². The third-order valence-electron chi connectivity index (χ3n) is 1.56. The average molecular weight is 247 g/mol. The minimum Gasteiger partial charge on any atom is -0.345 e. The molecule has 0 fully saturated rings. The fourth-order valence-electron chi connectivity index (χ4n) is 0.820. The van der Waals surface area contributed by atoms with E-state index in [0.717, 1.165) is 0 Å². The Morgan fingerprint density at radius 2 is 2.38 bits per heavy atom. The fraction of sp³-hybridized carbons (Fsp3) is 0.571. The number of aromatic nitrogens is 3. The van der Waals surface area contributed by atoms with Crippen LogP contribution in [0.3, 0.4) is 0 Å². The molecule has 6 heteroatoms. The van der Waals surface area contributed by atoms with Crippen LogP contribution in [0.5, 0.6) is 0 Å². The maximum atomic E-state index is 11.2. The Bertz CT molecular complexity index is 272. The molecule has 2 unspecified atom stereocenters. The van der Waals surface area contributed by atoms with Crippen LogP contribution >= 0.6 is 15.9 Å². The fourth-order valence-corrected chi connectivity index (χ4v) is 0.952. The van der Waals surface area contributed by atoms with Crippen molar-refractivity contribution in [3.63, 3.8) is 0 Å². The van der Waals surface area contributed by atoms with E-state index in [4.69, 9.17) is 0 Å². The largest absolute Gasteiger partial charge is 0.345 e. The lowest BCUT2D eigenvalue weighted by Gasteiger charge is -2.11. The number of halogens is 1. The molecular formula is C7H11BrN4O. The summed E-state index contributed by atoms with van der Waals surface area (Å²) in [5.41, 5.74) is 0. The summed E-state index contributed by atoms with van der Waals surface area (Å²) in [5, 5.41) is 9.15. The second kappa shape index (κ2) is 4.36. The van der Waals surface area contributed by atoms with Crippen molar-refractivity contribution in [2.45, 2.75) is 24.7 Å². The van der Waals surface area contributed by atoms with Gasteiger partial charge in [0.25, 0.3) is 0 Å². The molecule has 2 atom stereocenters. The molecule has 0 spiro atoms. The Labute approximate surface area is 84.5 Å². The summed E-state index contributed by atoms with van der Waals surface area (Å²) in [7, 11) is 0. The lowest BCUT2D eigenvalue weighted by Crippen LogP contribution is -2.32. The number of alkyl halides is 1. The van der Waals surface area contributed by atoms with Gasteiger partial charge in [-0.2, -0.15) is 5.10 Å². The van der Waals surface area contributed by atoms with Gasteiger partial charge in [-0.15, -0.1) is 0 Å². The number of aromatic amines is 1. The Morgan fingerprint density at radius 3 is 2.85 bits per heavy atom. The van der Waals surface area contributed by atoms with Crippen LogP contribution < -0.4 is 5.32 Å². The monoisotopic (exact) mass is 246 g/mol. The van der Waals surface area contributed by atoms with Crippen molar-refractivity contribution in [2.75, 3.05) is 0 Å². The van der Waals surface area contributed by atoms with Gasteiger partial charge in [-0.3, -0.25) is 9.89 Å². The number of hydrogen-bond acceptors (Lipinski definition) is 3. The van der Waals surface area contributed by atoms with E-state index >= 15 is 0 Å². The van der Waals surface area contributed by atoms with E-state index in [1.165, 1.54) is 6.33 Å². The predicted molar refractivity (Wildman–Crippen MR) is 51.3 cm³/mol. The SMILES string of the molecule is CC(Br)C(=O)NC(C)c1ncn[nH]1.